The summed E-state index contributed by atoms with van der Waals surface area (Å²) in [7, 11) is 0. The zero-order valence-corrected chi connectivity index (χ0v) is 12.2. The van der Waals surface area contributed by atoms with Gasteiger partial charge in [-0.15, -0.1) is 0 Å². The highest BCUT2D eigenvalue weighted by Gasteiger charge is 2.22. The van der Waals surface area contributed by atoms with E-state index in [0.29, 0.717) is 0 Å². The first-order valence-corrected chi connectivity index (χ1v) is 8.08. The Hall–Kier alpha value is -1.06. The van der Waals surface area contributed by atoms with Crippen LogP contribution < -0.4 is 10.2 Å². The van der Waals surface area contributed by atoms with E-state index in [1.165, 1.54) is 50.0 Å². The number of benzene rings is 1. The summed E-state index contributed by atoms with van der Waals surface area (Å²) in [5.41, 5.74) is 2.66. The van der Waals surface area contributed by atoms with Crippen molar-refractivity contribution in [3.63, 3.8) is 0 Å². The van der Waals surface area contributed by atoms with E-state index in [1.54, 1.807) is 0 Å². The van der Waals surface area contributed by atoms with E-state index >= 15 is 0 Å². The van der Waals surface area contributed by atoms with Gasteiger partial charge in [-0.25, -0.2) is 0 Å². The fourth-order valence-electron chi connectivity index (χ4n) is 3.40. The predicted octanol–water partition coefficient (Wildman–Crippen LogP) is 2.68. The van der Waals surface area contributed by atoms with E-state index < -0.39 is 0 Å². The summed E-state index contributed by atoms with van der Waals surface area (Å²) in [5.74, 6) is 0. The molecule has 2 atom stereocenters. The predicted molar refractivity (Wildman–Crippen MR) is 83.0 cm³/mol. The van der Waals surface area contributed by atoms with E-state index in [0.717, 1.165) is 19.4 Å². The van der Waals surface area contributed by atoms with Crippen molar-refractivity contribution in [2.45, 2.75) is 57.2 Å². The van der Waals surface area contributed by atoms with Gasteiger partial charge < -0.3 is 15.3 Å². The molecule has 1 aromatic rings. The maximum Gasteiger partial charge on any atom is 0.0693 e. The van der Waals surface area contributed by atoms with Crippen LogP contribution in [0, 0.1) is 0 Å². The van der Waals surface area contributed by atoms with Crippen molar-refractivity contribution in [3.8, 4) is 0 Å². The molecule has 1 aliphatic carbocycles. The number of hydrogen-bond donors (Lipinski definition) is 2. The summed E-state index contributed by atoms with van der Waals surface area (Å²) in [5, 5.41) is 13.5. The minimum Gasteiger partial charge on any atom is -0.392 e. The zero-order valence-electron chi connectivity index (χ0n) is 12.2. The molecule has 2 aliphatic rings. The summed E-state index contributed by atoms with van der Waals surface area (Å²) in [6.45, 7) is 3.26. The van der Waals surface area contributed by atoms with Crippen LogP contribution in [0.25, 0.3) is 0 Å². The molecule has 110 valence electrons. The molecule has 3 heteroatoms. The maximum absolute atomic E-state index is 9.97. The number of hydrogen-bond acceptors (Lipinski definition) is 3. The van der Waals surface area contributed by atoms with Crippen molar-refractivity contribution >= 4 is 5.69 Å². The third-order valence-electron chi connectivity index (χ3n) is 4.71. The standard InChI is InChI=1S/C17H26N2O/c20-17-6-2-1-5-16(17)18-13-14-7-9-15(10-8-14)19-11-3-4-12-19/h7-10,16-18,20H,1-6,11-13H2. The van der Waals surface area contributed by atoms with E-state index in [1.807, 2.05) is 0 Å². The molecular formula is C17H26N2O. The highest BCUT2D eigenvalue weighted by molar-refractivity contribution is 5.48. The summed E-state index contributed by atoms with van der Waals surface area (Å²) in [4.78, 5) is 2.46. The lowest BCUT2D eigenvalue weighted by Crippen LogP contribution is -2.41. The van der Waals surface area contributed by atoms with Gasteiger partial charge in [0.25, 0.3) is 0 Å². The van der Waals surface area contributed by atoms with Crippen LogP contribution in [-0.4, -0.2) is 30.3 Å². The number of nitrogens with zero attached hydrogens (tertiary/aromatic N) is 1. The summed E-state index contributed by atoms with van der Waals surface area (Å²) in [6.07, 6.45) is 6.95. The first-order chi connectivity index (χ1) is 9.83. The second-order valence-corrected chi connectivity index (χ2v) is 6.20. The molecular weight excluding hydrogens is 248 g/mol. The minimum atomic E-state index is -0.160. The number of aliphatic hydroxyl groups is 1. The van der Waals surface area contributed by atoms with Gasteiger partial charge in [0.05, 0.1) is 6.10 Å². The van der Waals surface area contributed by atoms with Gasteiger partial charge in [0.15, 0.2) is 0 Å². The number of rotatable bonds is 4. The third-order valence-corrected chi connectivity index (χ3v) is 4.71. The quantitative estimate of drug-likeness (QED) is 0.886. The Kier molecular flexibility index (Phi) is 4.58. The molecule has 0 aromatic heterocycles. The summed E-state index contributed by atoms with van der Waals surface area (Å²) in [6, 6.07) is 9.19. The first-order valence-electron chi connectivity index (χ1n) is 8.08. The van der Waals surface area contributed by atoms with Crippen LogP contribution in [0.3, 0.4) is 0 Å². The van der Waals surface area contributed by atoms with Gasteiger partial charge in [0.1, 0.15) is 0 Å². The summed E-state index contributed by atoms with van der Waals surface area (Å²) >= 11 is 0. The van der Waals surface area contributed by atoms with Gasteiger partial charge in [-0.05, 0) is 43.4 Å². The maximum atomic E-state index is 9.97. The van der Waals surface area contributed by atoms with Crippen LogP contribution in [0.2, 0.25) is 0 Å². The van der Waals surface area contributed by atoms with Crippen LogP contribution in [0.15, 0.2) is 24.3 Å². The number of anilines is 1. The fourth-order valence-corrected chi connectivity index (χ4v) is 3.40. The highest BCUT2D eigenvalue weighted by Crippen LogP contribution is 2.21. The molecule has 0 spiro atoms. The SMILES string of the molecule is OC1CCCCC1NCc1ccc(N2CCCC2)cc1. The molecule has 2 fully saturated rings. The first kappa shape index (κ1) is 13.9. The summed E-state index contributed by atoms with van der Waals surface area (Å²) < 4.78 is 0. The van der Waals surface area contributed by atoms with Gasteiger partial charge in [0, 0.05) is 31.4 Å². The van der Waals surface area contributed by atoms with E-state index in [4.69, 9.17) is 0 Å². The van der Waals surface area contributed by atoms with Gasteiger partial charge in [-0.2, -0.15) is 0 Å². The van der Waals surface area contributed by atoms with Gasteiger partial charge in [0.2, 0.25) is 0 Å². The molecule has 2 unspecified atom stereocenters. The average molecular weight is 274 g/mol. The Morgan fingerprint density at radius 2 is 1.70 bits per heavy atom. The highest BCUT2D eigenvalue weighted by atomic mass is 16.3. The third kappa shape index (κ3) is 3.33. The Labute approximate surface area is 122 Å². The minimum absolute atomic E-state index is 0.160. The number of aliphatic hydroxyl groups excluding tert-OH is 1. The molecule has 0 bridgehead atoms. The monoisotopic (exact) mass is 274 g/mol. The van der Waals surface area contributed by atoms with Crippen molar-refractivity contribution in [1.29, 1.82) is 0 Å². The molecule has 1 heterocycles. The lowest BCUT2D eigenvalue weighted by molar-refractivity contribution is 0.0902. The Morgan fingerprint density at radius 1 is 1.00 bits per heavy atom. The molecule has 1 saturated heterocycles. The van der Waals surface area contributed by atoms with Crippen LogP contribution in [0.5, 0.6) is 0 Å². The van der Waals surface area contributed by atoms with Gasteiger partial charge in [-0.1, -0.05) is 25.0 Å². The smallest absolute Gasteiger partial charge is 0.0693 e. The van der Waals surface area contributed by atoms with Gasteiger partial charge in [-0.3, -0.25) is 0 Å². The zero-order chi connectivity index (χ0) is 13.8. The van der Waals surface area contributed by atoms with E-state index in [2.05, 4.69) is 34.5 Å². The van der Waals surface area contributed by atoms with E-state index in [-0.39, 0.29) is 12.1 Å². The fraction of sp³-hybridized carbons (Fsp3) is 0.647. The van der Waals surface area contributed by atoms with Crippen LogP contribution in [0.1, 0.15) is 44.1 Å². The van der Waals surface area contributed by atoms with E-state index in [9.17, 15) is 5.11 Å². The molecule has 0 radical (unpaired) electrons. The van der Waals surface area contributed by atoms with Crippen molar-refractivity contribution in [2.24, 2.45) is 0 Å². The molecule has 0 amide bonds. The van der Waals surface area contributed by atoms with Crippen molar-refractivity contribution in [2.75, 3.05) is 18.0 Å². The second-order valence-electron chi connectivity index (χ2n) is 6.20. The topological polar surface area (TPSA) is 35.5 Å². The lowest BCUT2D eigenvalue weighted by atomic mass is 9.92. The van der Waals surface area contributed by atoms with Gasteiger partial charge >= 0.3 is 0 Å². The molecule has 3 nitrogen and oxygen atoms in total. The Bertz CT molecular complexity index is 412. The molecule has 20 heavy (non-hydrogen) atoms. The normalized spacial score (nSPS) is 26.9. The molecule has 3 rings (SSSR count). The van der Waals surface area contributed by atoms with Crippen LogP contribution in [0.4, 0.5) is 5.69 Å². The molecule has 1 aliphatic heterocycles. The molecule has 1 aromatic carbocycles. The van der Waals surface area contributed by atoms with Crippen molar-refractivity contribution in [1.82, 2.24) is 5.32 Å². The Morgan fingerprint density at radius 3 is 2.40 bits per heavy atom. The largest absolute Gasteiger partial charge is 0.392 e. The van der Waals surface area contributed by atoms with Crippen molar-refractivity contribution < 1.29 is 5.11 Å². The van der Waals surface area contributed by atoms with Crippen LogP contribution in [-0.2, 0) is 6.54 Å². The molecule has 1 saturated carbocycles. The van der Waals surface area contributed by atoms with Crippen LogP contribution >= 0.6 is 0 Å². The Balaban J connectivity index is 1.52. The average Bonchev–Trinajstić information content (AvgIpc) is 3.01. The lowest BCUT2D eigenvalue weighted by Gasteiger charge is -2.28. The number of nitrogens with one attached hydrogen (secondary N) is 1. The molecule has 2 N–H and O–H groups in total. The van der Waals surface area contributed by atoms with Crippen molar-refractivity contribution in [3.05, 3.63) is 29.8 Å². The second kappa shape index (κ2) is 6.59.